The van der Waals surface area contributed by atoms with E-state index in [-0.39, 0.29) is 18.1 Å². The molecule has 0 saturated carbocycles. The fraction of sp³-hybridized carbons (Fsp3) is 0.105. The van der Waals surface area contributed by atoms with Gasteiger partial charge in [0.2, 0.25) is 5.91 Å². The molecule has 0 radical (unpaired) electrons. The van der Waals surface area contributed by atoms with Gasteiger partial charge in [0, 0.05) is 5.69 Å². The molecule has 1 amide bonds. The number of hydrogen-bond donors (Lipinski definition) is 2. The van der Waals surface area contributed by atoms with Gasteiger partial charge in [0.25, 0.3) is 0 Å². The zero-order valence-electron chi connectivity index (χ0n) is 13.7. The molecule has 0 saturated heterocycles. The van der Waals surface area contributed by atoms with Gasteiger partial charge >= 0.3 is 0 Å². The number of halogens is 1. The molecule has 0 unspecified atom stereocenters. The zero-order chi connectivity index (χ0) is 17.6. The van der Waals surface area contributed by atoms with Crippen molar-refractivity contribution in [2.45, 2.75) is 13.3 Å². The van der Waals surface area contributed by atoms with Gasteiger partial charge in [0.05, 0.1) is 6.42 Å². The van der Waals surface area contributed by atoms with E-state index in [4.69, 9.17) is 0 Å². The van der Waals surface area contributed by atoms with Crippen molar-refractivity contribution in [2.75, 3.05) is 10.6 Å². The van der Waals surface area contributed by atoms with Gasteiger partial charge in [0.1, 0.15) is 5.82 Å². The van der Waals surface area contributed by atoms with Gasteiger partial charge in [-0.2, -0.15) is 0 Å². The minimum Gasteiger partial charge on any atom is -0.339 e. The molecular weight excluding hydrogens is 319 g/mol. The molecule has 0 aliphatic rings. The minimum absolute atomic E-state index is 0.161. The van der Waals surface area contributed by atoms with Gasteiger partial charge in [-0.15, -0.1) is 10.2 Å². The molecule has 0 atom stereocenters. The molecule has 1 aromatic heterocycles. The maximum Gasteiger partial charge on any atom is 0.229 e. The largest absolute Gasteiger partial charge is 0.339 e. The highest BCUT2D eigenvalue weighted by Crippen LogP contribution is 2.16. The van der Waals surface area contributed by atoms with Crippen LogP contribution in [0.5, 0.6) is 0 Å². The number of nitrogens with zero attached hydrogens (tertiary/aromatic N) is 2. The number of carbonyl (C=O) groups is 1. The van der Waals surface area contributed by atoms with E-state index in [0.29, 0.717) is 17.3 Å². The van der Waals surface area contributed by atoms with Crippen LogP contribution in [0.1, 0.15) is 11.1 Å². The van der Waals surface area contributed by atoms with Crippen LogP contribution in [0.4, 0.5) is 21.7 Å². The van der Waals surface area contributed by atoms with Crippen LogP contribution in [0.25, 0.3) is 0 Å². The molecule has 0 fully saturated rings. The summed E-state index contributed by atoms with van der Waals surface area (Å²) in [5.74, 6) is 0.327. The summed E-state index contributed by atoms with van der Waals surface area (Å²) < 4.78 is 13.2. The van der Waals surface area contributed by atoms with Gasteiger partial charge in [-0.05, 0) is 42.8 Å². The highest BCUT2D eigenvalue weighted by molar-refractivity contribution is 5.91. The van der Waals surface area contributed by atoms with Crippen molar-refractivity contribution < 1.29 is 9.18 Å². The summed E-state index contributed by atoms with van der Waals surface area (Å²) in [6.07, 6.45) is 0.270. The Morgan fingerprint density at radius 1 is 1.00 bits per heavy atom. The zero-order valence-corrected chi connectivity index (χ0v) is 13.7. The normalized spacial score (nSPS) is 10.3. The summed E-state index contributed by atoms with van der Waals surface area (Å²) in [4.78, 5) is 12.1. The third-order valence-corrected chi connectivity index (χ3v) is 3.48. The predicted octanol–water partition coefficient (Wildman–Crippen LogP) is 3.85. The van der Waals surface area contributed by atoms with Crippen LogP contribution in [0.15, 0.2) is 60.7 Å². The lowest BCUT2D eigenvalue weighted by Crippen LogP contribution is -2.15. The van der Waals surface area contributed by atoms with Crippen LogP contribution < -0.4 is 10.6 Å². The highest BCUT2D eigenvalue weighted by Gasteiger charge is 2.06. The number of aryl methyl sites for hydroxylation is 1. The summed E-state index contributed by atoms with van der Waals surface area (Å²) in [5, 5.41) is 13.6. The molecule has 0 bridgehead atoms. The molecule has 5 nitrogen and oxygen atoms in total. The van der Waals surface area contributed by atoms with Gasteiger partial charge in [-0.25, -0.2) is 4.39 Å². The van der Waals surface area contributed by atoms with Gasteiger partial charge < -0.3 is 10.6 Å². The second-order valence-corrected chi connectivity index (χ2v) is 5.65. The maximum atomic E-state index is 13.2. The van der Waals surface area contributed by atoms with Crippen molar-refractivity contribution in [3.05, 3.63) is 77.6 Å². The molecule has 2 aromatic carbocycles. The number of aromatic nitrogens is 2. The van der Waals surface area contributed by atoms with Crippen molar-refractivity contribution >= 4 is 23.2 Å². The molecule has 0 spiro atoms. The van der Waals surface area contributed by atoms with Crippen LogP contribution >= 0.6 is 0 Å². The molecule has 6 heteroatoms. The minimum atomic E-state index is -0.335. The monoisotopic (exact) mass is 336 g/mol. The first-order valence-electron chi connectivity index (χ1n) is 7.80. The van der Waals surface area contributed by atoms with Gasteiger partial charge in [-0.3, -0.25) is 4.79 Å². The molecule has 25 heavy (non-hydrogen) atoms. The highest BCUT2D eigenvalue weighted by atomic mass is 19.1. The van der Waals surface area contributed by atoms with E-state index in [1.165, 1.54) is 12.1 Å². The third kappa shape index (κ3) is 4.84. The third-order valence-electron chi connectivity index (χ3n) is 3.48. The number of benzene rings is 2. The molecule has 126 valence electrons. The number of hydrogen-bond acceptors (Lipinski definition) is 4. The van der Waals surface area contributed by atoms with Crippen LogP contribution in [0.2, 0.25) is 0 Å². The Morgan fingerprint density at radius 2 is 1.76 bits per heavy atom. The second kappa shape index (κ2) is 7.53. The number of rotatable bonds is 5. The van der Waals surface area contributed by atoms with E-state index < -0.39 is 0 Å². The fourth-order valence-electron chi connectivity index (χ4n) is 2.37. The standard InChI is InChI=1S/C19H17FN4O/c1-13-4-2-5-14(10-13)11-19(25)22-18-9-8-17(23-24-18)21-16-7-3-6-15(20)12-16/h2-10,12H,11H2,1H3,(H,21,23)(H,22,24,25). The predicted molar refractivity (Wildman–Crippen MR) is 95.2 cm³/mol. The number of carbonyl (C=O) groups excluding carboxylic acids is 1. The lowest BCUT2D eigenvalue weighted by atomic mass is 10.1. The van der Waals surface area contributed by atoms with E-state index >= 15 is 0 Å². The number of nitrogens with one attached hydrogen (secondary N) is 2. The summed E-state index contributed by atoms with van der Waals surface area (Å²) in [6.45, 7) is 1.98. The Labute approximate surface area is 144 Å². The van der Waals surface area contributed by atoms with Crippen LogP contribution in [-0.2, 0) is 11.2 Å². The fourth-order valence-corrected chi connectivity index (χ4v) is 2.37. The first kappa shape index (κ1) is 16.6. The van der Waals surface area contributed by atoms with E-state index in [9.17, 15) is 9.18 Å². The molecular formula is C19H17FN4O. The first-order chi connectivity index (χ1) is 12.1. The van der Waals surface area contributed by atoms with E-state index in [2.05, 4.69) is 20.8 Å². The number of anilines is 3. The summed E-state index contributed by atoms with van der Waals surface area (Å²) in [6, 6.07) is 17.1. The Hall–Kier alpha value is -3.28. The average Bonchev–Trinajstić information content (AvgIpc) is 2.57. The quantitative estimate of drug-likeness (QED) is 0.743. The Kier molecular flexibility index (Phi) is 4.99. The van der Waals surface area contributed by atoms with Crippen LogP contribution in [0, 0.1) is 12.7 Å². The average molecular weight is 336 g/mol. The summed E-state index contributed by atoms with van der Waals surface area (Å²) in [5.41, 5.74) is 2.62. The van der Waals surface area contributed by atoms with E-state index in [0.717, 1.165) is 11.1 Å². The van der Waals surface area contributed by atoms with Crippen molar-refractivity contribution in [1.82, 2.24) is 10.2 Å². The van der Waals surface area contributed by atoms with Crippen molar-refractivity contribution in [2.24, 2.45) is 0 Å². The molecule has 3 aromatic rings. The van der Waals surface area contributed by atoms with Crippen LogP contribution in [-0.4, -0.2) is 16.1 Å². The smallest absolute Gasteiger partial charge is 0.229 e. The maximum absolute atomic E-state index is 13.2. The summed E-state index contributed by atoms with van der Waals surface area (Å²) >= 11 is 0. The molecule has 1 heterocycles. The second-order valence-electron chi connectivity index (χ2n) is 5.65. The molecule has 0 aliphatic heterocycles. The van der Waals surface area contributed by atoms with Crippen LogP contribution in [0.3, 0.4) is 0 Å². The Morgan fingerprint density at radius 3 is 2.48 bits per heavy atom. The lowest BCUT2D eigenvalue weighted by Gasteiger charge is -2.07. The van der Waals surface area contributed by atoms with Gasteiger partial charge in [0.15, 0.2) is 11.6 Å². The van der Waals surface area contributed by atoms with Crippen molar-refractivity contribution in [3.8, 4) is 0 Å². The SMILES string of the molecule is Cc1cccc(CC(=O)Nc2ccc(Nc3cccc(F)c3)nn2)c1. The topological polar surface area (TPSA) is 66.9 Å². The molecule has 0 aliphatic carbocycles. The van der Waals surface area contributed by atoms with Crippen molar-refractivity contribution in [1.29, 1.82) is 0 Å². The van der Waals surface area contributed by atoms with E-state index in [1.54, 1.807) is 24.3 Å². The van der Waals surface area contributed by atoms with Crippen molar-refractivity contribution in [3.63, 3.8) is 0 Å². The van der Waals surface area contributed by atoms with Gasteiger partial charge in [-0.1, -0.05) is 35.9 Å². The molecule has 3 rings (SSSR count). The molecule has 2 N–H and O–H groups in total. The Bertz CT molecular complexity index is 881. The van der Waals surface area contributed by atoms with E-state index in [1.807, 2.05) is 31.2 Å². The summed E-state index contributed by atoms with van der Waals surface area (Å²) in [7, 11) is 0. The number of amides is 1. The Balaban J connectivity index is 1.59. The lowest BCUT2D eigenvalue weighted by molar-refractivity contribution is -0.115. The first-order valence-corrected chi connectivity index (χ1v) is 7.80.